The number of carbonyl (C=O) groups is 1. The fourth-order valence-corrected chi connectivity index (χ4v) is 3.13. The predicted octanol–water partition coefficient (Wildman–Crippen LogP) is 2.79. The summed E-state index contributed by atoms with van der Waals surface area (Å²) >= 11 is 0. The lowest BCUT2D eigenvalue weighted by molar-refractivity contribution is -0.155. The fraction of sp³-hybridized carbons (Fsp3) is 0.562. The van der Waals surface area contributed by atoms with E-state index in [0.29, 0.717) is 12.2 Å². The standard InChI is InChI=1S/C16H23NO4/c1-11(12-6-7-13(18)14(10-12)21-3)17-9-5-4-8-16(17,2)15(19)20/h6-7,10-11,18H,4-5,8-9H2,1-3H3,(H,19,20). The Morgan fingerprint density at radius 1 is 1.43 bits per heavy atom. The molecule has 2 atom stereocenters. The molecule has 5 nitrogen and oxygen atoms in total. The molecule has 1 aromatic rings. The summed E-state index contributed by atoms with van der Waals surface area (Å²) in [4.78, 5) is 13.7. The third kappa shape index (κ3) is 2.83. The molecular weight excluding hydrogens is 270 g/mol. The summed E-state index contributed by atoms with van der Waals surface area (Å²) in [5, 5.41) is 19.3. The number of nitrogens with zero attached hydrogens (tertiary/aromatic N) is 1. The summed E-state index contributed by atoms with van der Waals surface area (Å²) in [5.74, 6) is -0.277. The van der Waals surface area contributed by atoms with Crippen molar-refractivity contribution in [3.05, 3.63) is 23.8 Å². The number of hydrogen-bond donors (Lipinski definition) is 2. The minimum Gasteiger partial charge on any atom is -0.504 e. The Bertz CT molecular complexity index is 531. The summed E-state index contributed by atoms with van der Waals surface area (Å²) < 4.78 is 5.14. The van der Waals surface area contributed by atoms with Gasteiger partial charge in [-0.15, -0.1) is 0 Å². The highest BCUT2D eigenvalue weighted by atomic mass is 16.5. The molecule has 1 aliphatic heterocycles. The molecule has 1 fully saturated rings. The van der Waals surface area contributed by atoms with Crippen LogP contribution >= 0.6 is 0 Å². The van der Waals surface area contributed by atoms with Gasteiger partial charge in [-0.25, -0.2) is 0 Å². The van der Waals surface area contributed by atoms with Crippen molar-refractivity contribution in [3.8, 4) is 11.5 Å². The van der Waals surface area contributed by atoms with Crippen LogP contribution < -0.4 is 4.74 Å². The van der Waals surface area contributed by atoms with Crippen LogP contribution in [0.2, 0.25) is 0 Å². The number of hydrogen-bond acceptors (Lipinski definition) is 4. The third-order valence-electron chi connectivity index (χ3n) is 4.56. The SMILES string of the molecule is COc1cc(C(C)N2CCCCC2(C)C(=O)O)ccc1O. The largest absolute Gasteiger partial charge is 0.504 e. The summed E-state index contributed by atoms with van der Waals surface area (Å²) in [6, 6.07) is 5.13. The number of phenols is 1. The fourth-order valence-electron chi connectivity index (χ4n) is 3.13. The molecule has 0 aromatic heterocycles. The monoisotopic (exact) mass is 293 g/mol. The van der Waals surface area contributed by atoms with Crippen LogP contribution in [-0.4, -0.2) is 40.3 Å². The van der Waals surface area contributed by atoms with E-state index in [9.17, 15) is 15.0 Å². The van der Waals surface area contributed by atoms with Crippen LogP contribution in [0.1, 0.15) is 44.7 Å². The van der Waals surface area contributed by atoms with Crippen LogP contribution in [0.25, 0.3) is 0 Å². The van der Waals surface area contributed by atoms with E-state index in [0.717, 1.165) is 24.9 Å². The Hall–Kier alpha value is -1.75. The molecule has 1 heterocycles. The molecule has 0 aliphatic carbocycles. The van der Waals surface area contributed by atoms with Gasteiger partial charge in [-0.05, 0) is 57.4 Å². The van der Waals surface area contributed by atoms with E-state index in [-0.39, 0.29) is 11.8 Å². The number of aliphatic carboxylic acids is 1. The zero-order valence-corrected chi connectivity index (χ0v) is 12.8. The Balaban J connectivity index is 2.33. The smallest absolute Gasteiger partial charge is 0.323 e. The van der Waals surface area contributed by atoms with E-state index >= 15 is 0 Å². The average molecular weight is 293 g/mol. The number of carboxylic acids is 1. The summed E-state index contributed by atoms with van der Waals surface area (Å²) in [5.41, 5.74) is 0.0991. The minimum atomic E-state index is -0.844. The van der Waals surface area contributed by atoms with Crippen molar-refractivity contribution >= 4 is 5.97 Å². The highest BCUT2D eigenvalue weighted by Crippen LogP contribution is 2.38. The lowest BCUT2D eigenvalue weighted by atomic mass is 9.86. The van der Waals surface area contributed by atoms with Gasteiger partial charge in [0.1, 0.15) is 5.54 Å². The van der Waals surface area contributed by atoms with E-state index in [1.807, 2.05) is 17.9 Å². The van der Waals surface area contributed by atoms with E-state index in [2.05, 4.69) is 0 Å². The first-order valence-corrected chi connectivity index (χ1v) is 7.27. The molecule has 1 aromatic carbocycles. The quantitative estimate of drug-likeness (QED) is 0.893. The first-order chi connectivity index (χ1) is 9.90. The third-order valence-corrected chi connectivity index (χ3v) is 4.56. The van der Waals surface area contributed by atoms with Crippen molar-refractivity contribution in [2.75, 3.05) is 13.7 Å². The van der Waals surface area contributed by atoms with Crippen molar-refractivity contribution < 1.29 is 19.7 Å². The van der Waals surface area contributed by atoms with E-state index in [1.165, 1.54) is 7.11 Å². The number of likely N-dealkylation sites (tertiary alicyclic amines) is 1. The molecule has 0 radical (unpaired) electrons. The van der Waals surface area contributed by atoms with E-state index < -0.39 is 11.5 Å². The number of methoxy groups -OCH3 is 1. The van der Waals surface area contributed by atoms with Crippen molar-refractivity contribution in [1.29, 1.82) is 0 Å². The van der Waals surface area contributed by atoms with Gasteiger partial charge in [0.05, 0.1) is 7.11 Å². The number of phenolic OH excluding ortho intramolecular Hbond substituents is 1. The number of benzene rings is 1. The molecule has 5 heteroatoms. The molecular formula is C16H23NO4. The molecule has 0 amide bonds. The molecule has 0 saturated carbocycles. The highest BCUT2D eigenvalue weighted by Gasteiger charge is 2.43. The van der Waals surface area contributed by atoms with Crippen LogP contribution in [0.15, 0.2) is 18.2 Å². The van der Waals surface area contributed by atoms with Crippen molar-refractivity contribution in [2.45, 2.75) is 44.7 Å². The van der Waals surface area contributed by atoms with Gasteiger partial charge in [0.2, 0.25) is 0 Å². The molecule has 2 N–H and O–H groups in total. The Kier molecular flexibility index (Phi) is 4.42. The lowest BCUT2D eigenvalue weighted by Gasteiger charge is -2.45. The van der Waals surface area contributed by atoms with Gasteiger partial charge < -0.3 is 14.9 Å². The van der Waals surface area contributed by atoms with Crippen molar-refractivity contribution in [2.24, 2.45) is 0 Å². The number of ether oxygens (including phenoxy) is 1. The van der Waals surface area contributed by atoms with Crippen LogP contribution in [0.3, 0.4) is 0 Å². The van der Waals surface area contributed by atoms with Gasteiger partial charge in [0.25, 0.3) is 0 Å². The number of piperidine rings is 1. The normalized spacial score (nSPS) is 24.5. The Morgan fingerprint density at radius 3 is 2.76 bits per heavy atom. The molecule has 1 saturated heterocycles. The molecule has 2 unspecified atom stereocenters. The maximum Gasteiger partial charge on any atom is 0.323 e. The molecule has 1 aliphatic rings. The molecule has 2 rings (SSSR count). The summed E-state index contributed by atoms with van der Waals surface area (Å²) in [6.45, 7) is 4.55. The maximum absolute atomic E-state index is 11.7. The molecule has 0 spiro atoms. The predicted molar refractivity (Wildman–Crippen MR) is 79.7 cm³/mol. The Labute approximate surface area is 125 Å². The number of aromatic hydroxyl groups is 1. The maximum atomic E-state index is 11.7. The van der Waals surface area contributed by atoms with E-state index in [4.69, 9.17) is 4.74 Å². The van der Waals surface area contributed by atoms with Crippen LogP contribution in [0.4, 0.5) is 0 Å². The molecule has 21 heavy (non-hydrogen) atoms. The second-order valence-corrected chi connectivity index (χ2v) is 5.84. The molecule has 116 valence electrons. The van der Waals surface area contributed by atoms with Crippen molar-refractivity contribution in [1.82, 2.24) is 4.90 Å². The highest BCUT2D eigenvalue weighted by molar-refractivity contribution is 5.78. The van der Waals surface area contributed by atoms with Gasteiger partial charge in [0, 0.05) is 6.04 Å². The van der Waals surface area contributed by atoms with Gasteiger partial charge in [-0.2, -0.15) is 0 Å². The van der Waals surface area contributed by atoms with Crippen molar-refractivity contribution in [3.63, 3.8) is 0 Å². The first kappa shape index (κ1) is 15.6. The summed E-state index contributed by atoms with van der Waals surface area (Å²) in [6.07, 6.45) is 2.59. The average Bonchev–Trinajstić information content (AvgIpc) is 2.47. The van der Waals surface area contributed by atoms with Crippen LogP contribution in [-0.2, 0) is 4.79 Å². The van der Waals surface area contributed by atoms with Gasteiger partial charge in [-0.1, -0.05) is 6.07 Å². The van der Waals surface area contributed by atoms with Gasteiger partial charge in [-0.3, -0.25) is 9.69 Å². The topological polar surface area (TPSA) is 70.0 Å². The van der Waals surface area contributed by atoms with Crippen LogP contribution in [0, 0.1) is 0 Å². The molecule has 0 bridgehead atoms. The van der Waals surface area contributed by atoms with Gasteiger partial charge >= 0.3 is 5.97 Å². The lowest BCUT2D eigenvalue weighted by Crippen LogP contribution is -2.55. The zero-order chi connectivity index (χ0) is 15.6. The number of carboxylic acid groups (broad SMARTS) is 1. The van der Waals surface area contributed by atoms with Crippen LogP contribution in [0.5, 0.6) is 11.5 Å². The minimum absolute atomic E-state index is 0.0547. The zero-order valence-electron chi connectivity index (χ0n) is 12.8. The number of rotatable bonds is 4. The second-order valence-electron chi connectivity index (χ2n) is 5.84. The first-order valence-electron chi connectivity index (χ1n) is 7.27. The Morgan fingerprint density at radius 2 is 2.14 bits per heavy atom. The summed E-state index contributed by atoms with van der Waals surface area (Å²) in [7, 11) is 1.51. The van der Waals surface area contributed by atoms with E-state index in [1.54, 1.807) is 19.1 Å². The second kappa shape index (κ2) is 5.93. The van der Waals surface area contributed by atoms with Gasteiger partial charge in [0.15, 0.2) is 11.5 Å².